The van der Waals surface area contributed by atoms with Gasteiger partial charge in [0.15, 0.2) is 5.11 Å². The molecule has 0 aromatic carbocycles. The van der Waals surface area contributed by atoms with Crippen LogP contribution in [0.2, 0.25) is 0 Å². The number of thiocarbonyl (C=S) groups is 1. The third-order valence-electron chi connectivity index (χ3n) is 2.33. The Morgan fingerprint density at radius 1 is 1.69 bits per heavy atom. The molecule has 0 saturated heterocycles. The van der Waals surface area contributed by atoms with E-state index in [0.717, 1.165) is 19.5 Å². The summed E-state index contributed by atoms with van der Waals surface area (Å²) < 4.78 is 0. The van der Waals surface area contributed by atoms with E-state index in [1.54, 1.807) is 0 Å². The molecule has 1 aromatic heterocycles. The number of fused-ring (bicyclic) bond motifs is 1. The first-order valence-corrected chi connectivity index (χ1v) is 4.62. The highest BCUT2D eigenvalue weighted by atomic mass is 32.1. The van der Waals surface area contributed by atoms with Crippen molar-refractivity contribution in [3.63, 3.8) is 0 Å². The molecule has 1 aliphatic heterocycles. The van der Waals surface area contributed by atoms with Crippen LogP contribution in [-0.2, 0) is 13.0 Å². The summed E-state index contributed by atoms with van der Waals surface area (Å²) in [6.45, 7) is 1.78. The normalized spacial score (nSPS) is 15.3. The number of nitrogens with two attached hydrogens (primary N) is 1. The van der Waals surface area contributed by atoms with Crippen molar-refractivity contribution in [2.45, 2.75) is 13.0 Å². The molecular weight excluding hydrogens is 184 g/mol. The molecule has 70 valence electrons. The lowest BCUT2D eigenvalue weighted by molar-refractivity contribution is 0.386. The fourth-order valence-electron chi connectivity index (χ4n) is 1.61. The van der Waals surface area contributed by atoms with Crippen LogP contribution in [0.1, 0.15) is 11.3 Å². The Kier molecular flexibility index (Phi) is 2.20. The Hall–Kier alpha value is -1.07. The standard InChI is InChI=1S/C8H12N4S/c9-11-8(13)12-4-2-7-6(5-12)1-3-10-7/h1,3,10H,2,4-5,9H2,(H,11,13). The molecule has 0 bridgehead atoms. The zero-order chi connectivity index (χ0) is 9.26. The lowest BCUT2D eigenvalue weighted by Gasteiger charge is -2.28. The van der Waals surface area contributed by atoms with Crippen LogP contribution < -0.4 is 11.3 Å². The van der Waals surface area contributed by atoms with Crippen LogP contribution in [0.25, 0.3) is 0 Å². The van der Waals surface area contributed by atoms with E-state index in [0.29, 0.717) is 5.11 Å². The van der Waals surface area contributed by atoms with Crippen molar-refractivity contribution in [2.75, 3.05) is 6.54 Å². The van der Waals surface area contributed by atoms with Gasteiger partial charge < -0.3 is 15.3 Å². The van der Waals surface area contributed by atoms with E-state index in [4.69, 9.17) is 18.1 Å². The van der Waals surface area contributed by atoms with Crippen LogP contribution in [0.3, 0.4) is 0 Å². The highest BCUT2D eigenvalue weighted by Crippen LogP contribution is 2.16. The smallest absolute Gasteiger partial charge is 0.183 e. The zero-order valence-electron chi connectivity index (χ0n) is 7.21. The van der Waals surface area contributed by atoms with Crippen LogP contribution >= 0.6 is 12.2 Å². The molecule has 4 N–H and O–H groups in total. The van der Waals surface area contributed by atoms with Crippen molar-refractivity contribution in [1.29, 1.82) is 0 Å². The first-order valence-electron chi connectivity index (χ1n) is 4.22. The summed E-state index contributed by atoms with van der Waals surface area (Å²) in [4.78, 5) is 5.27. The molecule has 5 heteroatoms. The molecule has 0 atom stereocenters. The molecule has 0 spiro atoms. The van der Waals surface area contributed by atoms with E-state index in [1.807, 2.05) is 6.20 Å². The number of aromatic nitrogens is 1. The minimum Gasteiger partial charge on any atom is -0.365 e. The van der Waals surface area contributed by atoms with Crippen LogP contribution in [0.5, 0.6) is 0 Å². The van der Waals surface area contributed by atoms with E-state index in [-0.39, 0.29) is 0 Å². The van der Waals surface area contributed by atoms with Gasteiger partial charge in [0.05, 0.1) is 0 Å². The Morgan fingerprint density at radius 2 is 2.54 bits per heavy atom. The van der Waals surface area contributed by atoms with Crippen LogP contribution in [-0.4, -0.2) is 21.5 Å². The Bertz CT molecular complexity index is 320. The van der Waals surface area contributed by atoms with Gasteiger partial charge in [-0.1, -0.05) is 0 Å². The first-order chi connectivity index (χ1) is 6.31. The average Bonchev–Trinajstić information content (AvgIpc) is 2.63. The summed E-state index contributed by atoms with van der Waals surface area (Å²) in [6.07, 6.45) is 2.97. The van der Waals surface area contributed by atoms with Crippen molar-refractivity contribution in [1.82, 2.24) is 15.3 Å². The van der Waals surface area contributed by atoms with Gasteiger partial charge in [-0.25, -0.2) is 5.84 Å². The molecule has 0 fully saturated rings. The SMILES string of the molecule is NNC(=S)N1CCc2[nH]ccc2C1. The lowest BCUT2D eigenvalue weighted by Crippen LogP contribution is -2.45. The van der Waals surface area contributed by atoms with Gasteiger partial charge in [-0.2, -0.15) is 0 Å². The zero-order valence-corrected chi connectivity index (χ0v) is 8.03. The van der Waals surface area contributed by atoms with Gasteiger partial charge >= 0.3 is 0 Å². The molecule has 2 heterocycles. The topological polar surface area (TPSA) is 57.1 Å². The third kappa shape index (κ3) is 1.52. The molecular formula is C8H12N4S. The summed E-state index contributed by atoms with van der Waals surface area (Å²) in [6, 6.07) is 2.08. The quantitative estimate of drug-likeness (QED) is 0.313. The third-order valence-corrected chi connectivity index (χ3v) is 2.71. The molecule has 0 aliphatic carbocycles. The maximum atomic E-state index is 5.26. The predicted octanol–water partition coefficient (Wildman–Crippen LogP) is 0.121. The number of nitrogens with one attached hydrogen (secondary N) is 2. The van der Waals surface area contributed by atoms with Gasteiger partial charge in [0.25, 0.3) is 0 Å². The second-order valence-corrected chi connectivity index (χ2v) is 3.49. The predicted molar refractivity (Wildman–Crippen MR) is 54.8 cm³/mol. The molecule has 0 radical (unpaired) electrons. The van der Waals surface area contributed by atoms with Crippen LogP contribution in [0.4, 0.5) is 0 Å². The fourth-order valence-corrected chi connectivity index (χ4v) is 1.77. The Labute approximate surface area is 82.1 Å². The molecule has 0 unspecified atom stereocenters. The summed E-state index contributed by atoms with van der Waals surface area (Å²) in [7, 11) is 0. The van der Waals surface area contributed by atoms with Gasteiger partial charge in [-0.15, -0.1) is 0 Å². The van der Waals surface area contributed by atoms with E-state index in [1.165, 1.54) is 11.3 Å². The maximum absolute atomic E-state index is 5.26. The minimum absolute atomic E-state index is 0.617. The Balaban J connectivity index is 2.13. The largest absolute Gasteiger partial charge is 0.365 e. The van der Waals surface area contributed by atoms with Gasteiger partial charge in [0.2, 0.25) is 0 Å². The number of rotatable bonds is 0. The van der Waals surface area contributed by atoms with Crippen molar-refractivity contribution in [3.05, 3.63) is 23.5 Å². The highest BCUT2D eigenvalue weighted by Gasteiger charge is 2.17. The van der Waals surface area contributed by atoms with Crippen LogP contribution in [0.15, 0.2) is 12.3 Å². The van der Waals surface area contributed by atoms with Crippen molar-refractivity contribution in [3.8, 4) is 0 Å². The van der Waals surface area contributed by atoms with Crippen molar-refractivity contribution < 1.29 is 0 Å². The monoisotopic (exact) mass is 196 g/mol. The number of nitrogens with zero attached hydrogens (tertiary/aromatic N) is 1. The second-order valence-electron chi connectivity index (χ2n) is 3.10. The summed E-state index contributed by atoms with van der Waals surface area (Å²) in [5.41, 5.74) is 5.13. The first kappa shape index (κ1) is 8.52. The summed E-state index contributed by atoms with van der Waals surface area (Å²) >= 11 is 5.06. The molecule has 4 nitrogen and oxygen atoms in total. The molecule has 1 aromatic rings. The van der Waals surface area contributed by atoms with Gasteiger partial charge in [0.1, 0.15) is 0 Å². The van der Waals surface area contributed by atoms with E-state index in [2.05, 4.69) is 21.4 Å². The number of aromatic amines is 1. The van der Waals surface area contributed by atoms with E-state index >= 15 is 0 Å². The van der Waals surface area contributed by atoms with E-state index < -0.39 is 0 Å². The van der Waals surface area contributed by atoms with Gasteiger partial charge in [-0.05, 0) is 23.8 Å². The lowest BCUT2D eigenvalue weighted by atomic mass is 10.1. The highest BCUT2D eigenvalue weighted by molar-refractivity contribution is 7.80. The summed E-state index contributed by atoms with van der Waals surface area (Å²) in [5.74, 6) is 5.26. The molecule has 2 rings (SSSR count). The second kappa shape index (κ2) is 3.35. The summed E-state index contributed by atoms with van der Waals surface area (Å²) in [5, 5.41) is 0.617. The minimum atomic E-state index is 0.617. The molecule has 1 aliphatic rings. The van der Waals surface area contributed by atoms with E-state index in [9.17, 15) is 0 Å². The molecule has 0 saturated carbocycles. The van der Waals surface area contributed by atoms with Gasteiger partial charge in [0, 0.05) is 31.4 Å². The Morgan fingerprint density at radius 3 is 3.31 bits per heavy atom. The number of hydrogen-bond acceptors (Lipinski definition) is 2. The molecule has 13 heavy (non-hydrogen) atoms. The number of hydrogen-bond donors (Lipinski definition) is 3. The molecule has 0 amide bonds. The van der Waals surface area contributed by atoms with Crippen molar-refractivity contribution in [2.24, 2.45) is 5.84 Å². The average molecular weight is 196 g/mol. The number of hydrazine groups is 1. The number of H-pyrrole nitrogens is 1. The van der Waals surface area contributed by atoms with Crippen LogP contribution in [0, 0.1) is 0 Å². The van der Waals surface area contributed by atoms with Gasteiger partial charge in [-0.3, -0.25) is 0 Å². The van der Waals surface area contributed by atoms with Crippen molar-refractivity contribution >= 4 is 17.3 Å². The maximum Gasteiger partial charge on any atom is 0.183 e. The fraction of sp³-hybridized carbons (Fsp3) is 0.375.